The lowest BCUT2D eigenvalue weighted by atomic mass is 10.1. The van der Waals surface area contributed by atoms with Gasteiger partial charge in [-0.25, -0.2) is 14.4 Å². The van der Waals surface area contributed by atoms with E-state index in [0.717, 1.165) is 3.57 Å². The molecule has 15 heavy (non-hydrogen) atoms. The standard InChI is InChI=1S/C10H7FIN3/c11-8-9(14-5-15-10(8)13)6-1-3-7(12)4-2-6/h1-5H,(H2,13,14,15). The zero-order valence-corrected chi connectivity index (χ0v) is 9.77. The van der Waals surface area contributed by atoms with Gasteiger partial charge in [0.15, 0.2) is 11.6 Å². The van der Waals surface area contributed by atoms with Gasteiger partial charge in [-0.1, -0.05) is 12.1 Å². The minimum Gasteiger partial charge on any atom is -0.381 e. The molecule has 2 N–H and O–H groups in total. The Balaban J connectivity index is 2.54. The van der Waals surface area contributed by atoms with E-state index < -0.39 is 5.82 Å². The zero-order chi connectivity index (χ0) is 10.8. The summed E-state index contributed by atoms with van der Waals surface area (Å²) < 4.78 is 14.6. The molecule has 0 saturated heterocycles. The molecule has 5 heteroatoms. The molecule has 0 spiro atoms. The third-order valence-electron chi connectivity index (χ3n) is 1.93. The zero-order valence-electron chi connectivity index (χ0n) is 7.61. The van der Waals surface area contributed by atoms with Gasteiger partial charge < -0.3 is 5.73 Å². The monoisotopic (exact) mass is 315 g/mol. The lowest BCUT2D eigenvalue weighted by Gasteiger charge is -2.03. The molecule has 0 amide bonds. The summed E-state index contributed by atoms with van der Waals surface area (Å²) in [6.07, 6.45) is 1.26. The second-order valence-electron chi connectivity index (χ2n) is 2.93. The Morgan fingerprint density at radius 1 is 1.13 bits per heavy atom. The molecule has 0 bridgehead atoms. The van der Waals surface area contributed by atoms with Crippen molar-refractivity contribution in [3.05, 3.63) is 40.0 Å². The molecular weight excluding hydrogens is 308 g/mol. The SMILES string of the molecule is Nc1ncnc(-c2ccc(I)cc2)c1F. The number of nitrogen functional groups attached to an aromatic ring is 1. The van der Waals surface area contributed by atoms with E-state index >= 15 is 0 Å². The van der Waals surface area contributed by atoms with E-state index in [1.54, 1.807) is 12.1 Å². The fraction of sp³-hybridized carbons (Fsp3) is 0. The molecule has 0 aliphatic carbocycles. The fourth-order valence-electron chi connectivity index (χ4n) is 1.19. The van der Waals surface area contributed by atoms with Crippen LogP contribution in [-0.2, 0) is 0 Å². The van der Waals surface area contributed by atoms with Crippen LogP contribution in [0.1, 0.15) is 0 Å². The van der Waals surface area contributed by atoms with Crippen LogP contribution >= 0.6 is 22.6 Å². The normalized spacial score (nSPS) is 10.3. The van der Waals surface area contributed by atoms with Crippen LogP contribution in [0.25, 0.3) is 11.3 Å². The first-order chi connectivity index (χ1) is 7.18. The Morgan fingerprint density at radius 2 is 1.80 bits per heavy atom. The van der Waals surface area contributed by atoms with Crippen LogP contribution in [0.15, 0.2) is 30.6 Å². The number of benzene rings is 1. The van der Waals surface area contributed by atoms with E-state index in [4.69, 9.17) is 5.73 Å². The van der Waals surface area contributed by atoms with Gasteiger partial charge in [0.1, 0.15) is 12.0 Å². The van der Waals surface area contributed by atoms with E-state index in [2.05, 4.69) is 32.6 Å². The molecule has 76 valence electrons. The van der Waals surface area contributed by atoms with Gasteiger partial charge in [-0.2, -0.15) is 0 Å². The van der Waals surface area contributed by atoms with Crippen LogP contribution in [0.2, 0.25) is 0 Å². The van der Waals surface area contributed by atoms with Gasteiger partial charge in [0, 0.05) is 9.13 Å². The minimum atomic E-state index is -0.571. The van der Waals surface area contributed by atoms with Crippen LogP contribution in [-0.4, -0.2) is 9.97 Å². The molecule has 1 aromatic heterocycles. The summed E-state index contributed by atoms with van der Waals surface area (Å²) in [5, 5.41) is 0. The second-order valence-corrected chi connectivity index (χ2v) is 4.17. The third kappa shape index (κ3) is 2.06. The molecule has 1 heterocycles. The maximum atomic E-state index is 13.5. The van der Waals surface area contributed by atoms with E-state index in [1.807, 2.05) is 12.1 Å². The highest BCUT2D eigenvalue weighted by molar-refractivity contribution is 14.1. The van der Waals surface area contributed by atoms with Gasteiger partial charge in [-0.15, -0.1) is 0 Å². The quantitative estimate of drug-likeness (QED) is 0.823. The highest BCUT2D eigenvalue weighted by atomic mass is 127. The summed E-state index contributed by atoms with van der Waals surface area (Å²) in [7, 11) is 0. The van der Waals surface area contributed by atoms with E-state index in [0.29, 0.717) is 5.56 Å². The fourth-order valence-corrected chi connectivity index (χ4v) is 1.55. The molecule has 1 aromatic carbocycles. The van der Waals surface area contributed by atoms with Crippen molar-refractivity contribution in [1.82, 2.24) is 9.97 Å². The average Bonchev–Trinajstić information content (AvgIpc) is 2.24. The number of hydrogen-bond donors (Lipinski definition) is 1. The van der Waals surface area contributed by atoms with Crippen LogP contribution < -0.4 is 5.73 Å². The van der Waals surface area contributed by atoms with Gasteiger partial charge in [-0.3, -0.25) is 0 Å². The summed E-state index contributed by atoms with van der Waals surface area (Å²) >= 11 is 2.18. The van der Waals surface area contributed by atoms with Crippen LogP contribution in [0.5, 0.6) is 0 Å². The van der Waals surface area contributed by atoms with E-state index in [-0.39, 0.29) is 11.5 Å². The molecule has 0 saturated carbocycles. The lowest BCUT2D eigenvalue weighted by Crippen LogP contribution is -1.99. The van der Waals surface area contributed by atoms with E-state index in [9.17, 15) is 4.39 Å². The van der Waals surface area contributed by atoms with Crippen LogP contribution in [0.3, 0.4) is 0 Å². The molecule has 2 rings (SSSR count). The van der Waals surface area contributed by atoms with Crippen LogP contribution in [0.4, 0.5) is 10.2 Å². The van der Waals surface area contributed by atoms with Crippen molar-refractivity contribution in [2.45, 2.75) is 0 Å². The first-order valence-corrected chi connectivity index (χ1v) is 5.28. The molecule has 2 aromatic rings. The highest BCUT2D eigenvalue weighted by Crippen LogP contribution is 2.22. The molecular formula is C10H7FIN3. The smallest absolute Gasteiger partial charge is 0.191 e. The van der Waals surface area contributed by atoms with Gasteiger partial charge in [0.05, 0.1) is 0 Å². The van der Waals surface area contributed by atoms with Crippen molar-refractivity contribution in [2.24, 2.45) is 0 Å². The number of rotatable bonds is 1. The molecule has 3 nitrogen and oxygen atoms in total. The van der Waals surface area contributed by atoms with E-state index in [1.165, 1.54) is 6.33 Å². The van der Waals surface area contributed by atoms with Crippen molar-refractivity contribution in [3.63, 3.8) is 0 Å². The van der Waals surface area contributed by atoms with Gasteiger partial charge in [0.2, 0.25) is 0 Å². The van der Waals surface area contributed by atoms with Crippen molar-refractivity contribution in [1.29, 1.82) is 0 Å². The number of hydrogen-bond acceptors (Lipinski definition) is 3. The number of nitrogens with two attached hydrogens (primary N) is 1. The lowest BCUT2D eigenvalue weighted by molar-refractivity contribution is 0.624. The second kappa shape index (κ2) is 4.09. The summed E-state index contributed by atoms with van der Waals surface area (Å²) in [4.78, 5) is 7.44. The molecule has 0 atom stereocenters. The maximum absolute atomic E-state index is 13.5. The van der Waals surface area contributed by atoms with Crippen molar-refractivity contribution in [3.8, 4) is 11.3 Å². The van der Waals surface area contributed by atoms with Crippen molar-refractivity contribution in [2.75, 3.05) is 5.73 Å². The molecule has 0 radical (unpaired) electrons. The summed E-state index contributed by atoms with van der Waals surface area (Å²) in [5.74, 6) is -0.697. The average molecular weight is 315 g/mol. The van der Waals surface area contributed by atoms with Gasteiger partial charge in [0.25, 0.3) is 0 Å². The number of nitrogens with zero attached hydrogens (tertiary/aromatic N) is 2. The predicted molar refractivity (Wildman–Crippen MR) is 64.6 cm³/mol. The van der Waals surface area contributed by atoms with Crippen molar-refractivity contribution >= 4 is 28.4 Å². The number of halogens is 2. The molecule has 0 aliphatic heterocycles. The van der Waals surface area contributed by atoms with Crippen molar-refractivity contribution < 1.29 is 4.39 Å². The van der Waals surface area contributed by atoms with Crippen LogP contribution in [0, 0.1) is 9.39 Å². The number of aromatic nitrogens is 2. The Labute approximate surface area is 99.7 Å². The number of anilines is 1. The summed E-state index contributed by atoms with van der Waals surface area (Å²) in [6, 6.07) is 7.36. The molecule has 0 aliphatic rings. The Kier molecular flexibility index (Phi) is 2.81. The predicted octanol–water partition coefficient (Wildman–Crippen LogP) is 2.47. The highest BCUT2D eigenvalue weighted by Gasteiger charge is 2.09. The Hall–Kier alpha value is -1.24. The third-order valence-corrected chi connectivity index (χ3v) is 2.65. The van der Waals surface area contributed by atoms with Gasteiger partial charge in [-0.05, 0) is 34.7 Å². The van der Waals surface area contributed by atoms with Gasteiger partial charge >= 0.3 is 0 Å². The largest absolute Gasteiger partial charge is 0.381 e. The maximum Gasteiger partial charge on any atom is 0.191 e. The Morgan fingerprint density at radius 3 is 2.47 bits per heavy atom. The minimum absolute atomic E-state index is 0.126. The Bertz CT molecular complexity index is 485. The topological polar surface area (TPSA) is 51.8 Å². The molecule has 0 unspecified atom stereocenters. The first-order valence-electron chi connectivity index (χ1n) is 4.20. The summed E-state index contributed by atoms with van der Waals surface area (Å²) in [6.45, 7) is 0. The molecule has 0 fully saturated rings. The summed E-state index contributed by atoms with van der Waals surface area (Å²) in [5.41, 5.74) is 6.29. The first kappa shape index (κ1) is 10.3.